The highest BCUT2D eigenvalue weighted by Crippen LogP contribution is 2.25. The van der Waals surface area contributed by atoms with Crippen molar-refractivity contribution in [3.63, 3.8) is 0 Å². The van der Waals surface area contributed by atoms with Crippen LogP contribution in [0.2, 0.25) is 0 Å². The van der Waals surface area contributed by atoms with Crippen molar-refractivity contribution in [1.29, 1.82) is 0 Å². The number of fused-ring (bicyclic) bond motifs is 2. The van der Waals surface area contributed by atoms with Gasteiger partial charge in [0.15, 0.2) is 17.1 Å². The van der Waals surface area contributed by atoms with E-state index in [4.69, 9.17) is 4.74 Å². The average molecular weight is 383 g/mol. The number of rotatable bonds is 3. The molecule has 4 aromatic rings. The van der Waals surface area contributed by atoms with Gasteiger partial charge in [-0.05, 0) is 56.8 Å². The van der Waals surface area contributed by atoms with Crippen LogP contribution >= 0.6 is 11.8 Å². The highest BCUT2D eigenvalue weighted by Gasteiger charge is 2.17. The van der Waals surface area contributed by atoms with E-state index in [1.165, 1.54) is 11.8 Å². The number of nitrogens with one attached hydrogen (secondary N) is 1. The second kappa shape index (κ2) is 6.54. The molecule has 4 rings (SSSR count). The molecule has 9 nitrogen and oxygen atoms in total. The van der Waals surface area contributed by atoms with Crippen molar-refractivity contribution in [3.05, 3.63) is 42.7 Å². The summed E-state index contributed by atoms with van der Waals surface area (Å²) in [6, 6.07) is 9.38. The fourth-order valence-electron chi connectivity index (χ4n) is 2.37. The number of imidazole rings is 1. The Morgan fingerprint density at radius 2 is 2.00 bits per heavy atom. The molecular weight excluding hydrogens is 366 g/mol. The Morgan fingerprint density at radius 3 is 2.81 bits per heavy atom. The minimum atomic E-state index is -0.577. The third kappa shape index (κ3) is 3.85. The van der Waals surface area contributed by atoms with Gasteiger partial charge in [0.05, 0.1) is 6.20 Å². The second-order valence-electron chi connectivity index (χ2n) is 6.74. The SMILES string of the molecule is CC(C)(C)OC(=O)Nc1cn2nc(Sc3nnc4ccccn34)ccc2n1. The maximum absolute atomic E-state index is 11.9. The van der Waals surface area contributed by atoms with Gasteiger partial charge >= 0.3 is 6.09 Å². The van der Waals surface area contributed by atoms with Crippen molar-refractivity contribution in [2.45, 2.75) is 36.6 Å². The third-order valence-corrected chi connectivity index (χ3v) is 4.29. The molecule has 0 aliphatic heterocycles. The monoisotopic (exact) mass is 383 g/mol. The lowest BCUT2D eigenvalue weighted by atomic mass is 10.2. The van der Waals surface area contributed by atoms with E-state index in [0.29, 0.717) is 16.6 Å². The zero-order chi connectivity index (χ0) is 19.0. The van der Waals surface area contributed by atoms with Gasteiger partial charge in [-0.25, -0.2) is 14.3 Å². The highest BCUT2D eigenvalue weighted by atomic mass is 32.2. The first-order valence-corrected chi connectivity index (χ1v) is 9.03. The Balaban J connectivity index is 1.55. The summed E-state index contributed by atoms with van der Waals surface area (Å²) in [4.78, 5) is 16.2. The molecule has 0 radical (unpaired) electrons. The number of hydrogen-bond acceptors (Lipinski definition) is 7. The molecule has 0 aliphatic carbocycles. The van der Waals surface area contributed by atoms with Crippen LogP contribution in [0.1, 0.15) is 20.8 Å². The van der Waals surface area contributed by atoms with Crippen LogP contribution in [0, 0.1) is 0 Å². The lowest BCUT2D eigenvalue weighted by Crippen LogP contribution is -2.27. The molecule has 10 heteroatoms. The van der Waals surface area contributed by atoms with Crippen LogP contribution in [0.4, 0.5) is 10.6 Å². The maximum atomic E-state index is 11.9. The standard InChI is InChI=1S/C17H17N7O2S/c1-17(2,3)26-16(25)19-11-10-24-12(18-11)7-8-14(22-24)27-15-21-20-13-6-4-5-9-23(13)15/h4-10H,1-3H3,(H,19,25). The smallest absolute Gasteiger partial charge is 0.413 e. The minimum Gasteiger partial charge on any atom is -0.444 e. The van der Waals surface area contributed by atoms with Crippen molar-refractivity contribution in [3.8, 4) is 0 Å². The van der Waals surface area contributed by atoms with Crippen LogP contribution in [0.25, 0.3) is 11.3 Å². The molecule has 0 bridgehead atoms. The van der Waals surface area contributed by atoms with E-state index in [1.807, 2.05) is 40.9 Å². The number of aromatic nitrogens is 6. The molecule has 0 aliphatic rings. The molecule has 138 valence electrons. The molecule has 0 atom stereocenters. The van der Waals surface area contributed by atoms with Crippen LogP contribution in [-0.2, 0) is 4.74 Å². The molecule has 27 heavy (non-hydrogen) atoms. The zero-order valence-corrected chi connectivity index (χ0v) is 15.8. The third-order valence-electron chi connectivity index (χ3n) is 3.40. The van der Waals surface area contributed by atoms with Gasteiger partial charge in [0, 0.05) is 6.20 Å². The first-order valence-electron chi connectivity index (χ1n) is 8.21. The molecular formula is C17H17N7O2S. The number of pyridine rings is 1. The highest BCUT2D eigenvalue weighted by molar-refractivity contribution is 7.99. The molecule has 4 heterocycles. The van der Waals surface area contributed by atoms with Gasteiger partial charge in [0.2, 0.25) is 5.16 Å². The summed E-state index contributed by atoms with van der Waals surface area (Å²) in [5.74, 6) is 0.367. The predicted molar refractivity (Wildman–Crippen MR) is 100.0 cm³/mol. The minimum absolute atomic E-state index is 0.367. The van der Waals surface area contributed by atoms with Crippen molar-refractivity contribution >= 4 is 35.0 Å². The molecule has 4 aromatic heterocycles. The van der Waals surface area contributed by atoms with Gasteiger partial charge in [-0.3, -0.25) is 9.72 Å². The van der Waals surface area contributed by atoms with Gasteiger partial charge in [-0.1, -0.05) is 6.07 Å². The summed E-state index contributed by atoms with van der Waals surface area (Å²) in [6.45, 7) is 5.40. The van der Waals surface area contributed by atoms with E-state index in [2.05, 4.69) is 25.6 Å². The average Bonchev–Trinajstić information content (AvgIpc) is 3.16. The molecule has 0 saturated heterocycles. The molecule has 0 aromatic carbocycles. The summed E-state index contributed by atoms with van der Waals surface area (Å²) < 4.78 is 8.71. The van der Waals surface area contributed by atoms with E-state index in [9.17, 15) is 4.79 Å². The fourth-order valence-corrected chi connectivity index (χ4v) is 3.16. The molecule has 1 amide bonds. The van der Waals surface area contributed by atoms with E-state index in [-0.39, 0.29) is 0 Å². The molecule has 0 fully saturated rings. The molecule has 1 N–H and O–H groups in total. The van der Waals surface area contributed by atoms with Crippen LogP contribution in [-0.4, -0.2) is 40.9 Å². The Bertz CT molecular complexity index is 1130. The van der Waals surface area contributed by atoms with Crippen molar-refractivity contribution < 1.29 is 9.53 Å². The number of carbonyl (C=O) groups is 1. The van der Waals surface area contributed by atoms with Gasteiger partial charge in [-0.15, -0.1) is 10.2 Å². The first kappa shape index (κ1) is 17.3. The number of amides is 1. The van der Waals surface area contributed by atoms with Crippen LogP contribution < -0.4 is 5.32 Å². The summed E-state index contributed by atoms with van der Waals surface area (Å²) >= 11 is 1.39. The Hall–Kier alpha value is -3.14. The van der Waals surface area contributed by atoms with E-state index < -0.39 is 11.7 Å². The zero-order valence-electron chi connectivity index (χ0n) is 14.9. The fraction of sp³-hybridized carbons (Fsp3) is 0.235. The van der Waals surface area contributed by atoms with Gasteiger partial charge < -0.3 is 4.74 Å². The van der Waals surface area contributed by atoms with Crippen LogP contribution in [0.5, 0.6) is 0 Å². The van der Waals surface area contributed by atoms with Gasteiger partial charge in [0.25, 0.3) is 0 Å². The van der Waals surface area contributed by atoms with Crippen molar-refractivity contribution in [1.82, 2.24) is 29.2 Å². The van der Waals surface area contributed by atoms with E-state index in [0.717, 1.165) is 10.7 Å². The van der Waals surface area contributed by atoms with E-state index in [1.54, 1.807) is 31.5 Å². The summed E-state index contributed by atoms with van der Waals surface area (Å²) in [6.07, 6.45) is 2.97. The van der Waals surface area contributed by atoms with Crippen LogP contribution in [0.3, 0.4) is 0 Å². The second-order valence-corrected chi connectivity index (χ2v) is 7.73. The van der Waals surface area contributed by atoms with Gasteiger partial charge in [-0.2, -0.15) is 5.10 Å². The Morgan fingerprint density at radius 1 is 1.15 bits per heavy atom. The number of hydrogen-bond donors (Lipinski definition) is 1. The molecule has 0 saturated carbocycles. The Labute approximate surface area is 158 Å². The number of carbonyl (C=O) groups excluding carboxylic acids is 1. The van der Waals surface area contributed by atoms with Gasteiger partial charge in [0.1, 0.15) is 10.6 Å². The number of nitrogens with zero attached hydrogens (tertiary/aromatic N) is 6. The molecule has 0 unspecified atom stereocenters. The summed E-state index contributed by atoms with van der Waals surface area (Å²) in [5, 5.41) is 16.9. The lowest BCUT2D eigenvalue weighted by Gasteiger charge is -2.18. The lowest BCUT2D eigenvalue weighted by molar-refractivity contribution is 0.0635. The quantitative estimate of drug-likeness (QED) is 0.580. The predicted octanol–water partition coefficient (Wildman–Crippen LogP) is 3.27. The maximum Gasteiger partial charge on any atom is 0.413 e. The summed E-state index contributed by atoms with van der Waals surface area (Å²) in [7, 11) is 0. The Kier molecular flexibility index (Phi) is 4.19. The largest absolute Gasteiger partial charge is 0.444 e. The summed E-state index contributed by atoms with van der Waals surface area (Å²) in [5.41, 5.74) is 0.802. The first-order chi connectivity index (χ1) is 12.9. The number of ether oxygens (including phenoxy) is 1. The van der Waals surface area contributed by atoms with E-state index >= 15 is 0 Å². The topological polar surface area (TPSA) is 98.7 Å². The van der Waals surface area contributed by atoms with Crippen molar-refractivity contribution in [2.75, 3.05) is 5.32 Å². The molecule has 0 spiro atoms. The van der Waals surface area contributed by atoms with Crippen LogP contribution in [0.15, 0.2) is 52.9 Å². The van der Waals surface area contributed by atoms with Crippen molar-refractivity contribution in [2.24, 2.45) is 0 Å². The normalized spacial score (nSPS) is 11.8. The number of anilines is 1.